The van der Waals surface area contributed by atoms with Gasteiger partial charge in [-0.1, -0.05) is 43.4 Å². The van der Waals surface area contributed by atoms with Crippen molar-refractivity contribution in [2.45, 2.75) is 45.4 Å². The lowest BCUT2D eigenvalue weighted by molar-refractivity contribution is -0.116. The topological polar surface area (TPSA) is 70.7 Å². The average Bonchev–Trinajstić information content (AvgIpc) is 3.21. The Kier molecular flexibility index (Phi) is 5.25. The van der Waals surface area contributed by atoms with Gasteiger partial charge in [-0.2, -0.15) is 0 Å². The first-order valence-corrected chi connectivity index (χ1v) is 9.21. The lowest BCUT2D eigenvalue weighted by atomic mass is 10.1. The van der Waals surface area contributed by atoms with Gasteiger partial charge in [0.15, 0.2) is 0 Å². The van der Waals surface area contributed by atoms with Crippen LogP contribution >= 0.6 is 11.3 Å². The van der Waals surface area contributed by atoms with E-state index in [9.17, 15) is 4.79 Å². The number of amides is 1. The molecule has 0 aliphatic carbocycles. The Morgan fingerprint density at radius 2 is 2.04 bits per heavy atom. The minimum atomic E-state index is -0.0208. The van der Waals surface area contributed by atoms with Gasteiger partial charge in [0.25, 0.3) is 0 Å². The van der Waals surface area contributed by atoms with Gasteiger partial charge in [0, 0.05) is 29.4 Å². The highest BCUT2D eigenvalue weighted by Gasteiger charge is 2.14. The molecule has 0 saturated carbocycles. The van der Waals surface area contributed by atoms with Gasteiger partial charge in [-0.25, -0.2) is 0 Å². The second-order valence-electron chi connectivity index (χ2n) is 5.87. The molecular formula is C18H22N4OS. The van der Waals surface area contributed by atoms with Gasteiger partial charge in [0.2, 0.25) is 11.0 Å². The van der Waals surface area contributed by atoms with E-state index in [4.69, 9.17) is 0 Å². The number of hydrogen-bond donors (Lipinski definition) is 2. The Balaban J connectivity index is 1.58. The van der Waals surface area contributed by atoms with E-state index in [0.717, 1.165) is 28.9 Å². The minimum Gasteiger partial charge on any atom is -0.361 e. The van der Waals surface area contributed by atoms with Gasteiger partial charge in [-0.05, 0) is 30.9 Å². The number of nitrogens with one attached hydrogen (secondary N) is 2. The fourth-order valence-electron chi connectivity index (χ4n) is 2.86. The molecule has 2 N–H and O–H groups in total. The summed E-state index contributed by atoms with van der Waals surface area (Å²) in [4.78, 5) is 15.4. The second-order valence-corrected chi connectivity index (χ2v) is 6.88. The summed E-state index contributed by atoms with van der Waals surface area (Å²) >= 11 is 1.48. The van der Waals surface area contributed by atoms with Crippen molar-refractivity contribution in [3.63, 3.8) is 0 Å². The molecule has 0 radical (unpaired) electrons. The molecular weight excluding hydrogens is 320 g/mol. The molecule has 3 rings (SSSR count). The van der Waals surface area contributed by atoms with Gasteiger partial charge in [0.05, 0.1) is 0 Å². The summed E-state index contributed by atoms with van der Waals surface area (Å²) in [6, 6.07) is 8.13. The molecule has 0 saturated heterocycles. The second kappa shape index (κ2) is 7.57. The zero-order valence-electron chi connectivity index (χ0n) is 14.0. The van der Waals surface area contributed by atoms with Crippen LogP contribution in [-0.2, 0) is 11.2 Å². The first-order valence-electron chi connectivity index (χ1n) is 8.39. The summed E-state index contributed by atoms with van der Waals surface area (Å²) in [5.41, 5.74) is 2.27. The summed E-state index contributed by atoms with van der Waals surface area (Å²) in [7, 11) is 0. The number of aromatic amines is 1. The van der Waals surface area contributed by atoms with E-state index in [1.807, 2.05) is 24.4 Å². The molecule has 0 bridgehead atoms. The van der Waals surface area contributed by atoms with E-state index < -0.39 is 0 Å². The molecule has 0 aliphatic heterocycles. The van der Waals surface area contributed by atoms with Crippen LogP contribution in [0, 0.1) is 0 Å². The third-order valence-corrected chi connectivity index (χ3v) is 5.32. The summed E-state index contributed by atoms with van der Waals surface area (Å²) in [5.74, 6) is 0.409. The lowest BCUT2D eigenvalue weighted by Gasteiger charge is -2.05. The fourth-order valence-corrected chi connectivity index (χ4v) is 3.88. The maximum atomic E-state index is 12.2. The van der Waals surface area contributed by atoms with E-state index in [2.05, 4.69) is 40.4 Å². The molecule has 0 fully saturated rings. The normalized spacial score (nSPS) is 11.3. The molecule has 0 aliphatic rings. The highest BCUT2D eigenvalue weighted by molar-refractivity contribution is 7.15. The first-order chi connectivity index (χ1) is 11.7. The molecule has 0 atom stereocenters. The number of nitrogens with zero attached hydrogens (tertiary/aromatic N) is 2. The number of hydrogen-bond acceptors (Lipinski definition) is 4. The Hall–Kier alpha value is -2.21. The quantitative estimate of drug-likeness (QED) is 0.664. The molecule has 5 nitrogen and oxygen atoms in total. The number of anilines is 1. The van der Waals surface area contributed by atoms with Crippen LogP contribution in [0.5, 0.6) is 0 Å². The summed E-state index contributed by atoms with van der Waals surface area (Å²) in [6.07, 6.45) is 5.20. The van der Waals surface area contributed by atoms with Crippen molar-refractivity contribution in [3.05, 3.63) is 41.0 Å². The molecule has 3 aromatic rings. The Morgan fingerprint density at radius 1 is 1.25 bits per heavy atom. The van der Waals surface area contributed by atoms with Gasteiger partial charge >= 0.3 is 0 Å². The van der Waals surface area contributed by atoms with Crippen LogP contribution in [0.3, 0.4) is 0 Å². The van der Waals surface area contributed by atoms with E-state index in [-0.39, 0.29) is 5.91 Å². The monoisotopic (exact) mass is 342 g/mol. The zero-order valence-corrected chi connectivity index (χ0v) is 14.8. The molecule has 1 aromatic carbocycles. The molecule has 126 valence electrons. The number of aryl methyl sites for hydroxylation is 1. The fraction of sp³-hybridized carbons (Fsp3) is 0.389. The number of fused-ring (bicyclic) bond motifs is 1. The third kappa shape index (κ3) is 3.64. The van der Waals surface area contributed by atoms with Gasteiger partial charge in [-0.15, -0.1) is 10.2 Å². The van der Waals surface area contributed by atoms with Crippen molar-refractivity contribution in [1.82, 2.24) is 15.2 Å². The molecule has 0 unspecified atom stereocenters. The van der Waals surface area contributed by atoms with Gasteiger partial charge < -0.3 is 10.3 Å². The number of carbonyl (C=O) groups excluding carboxylic acids is 1. The van der Waals surface area contributed by atoms with Crippen molar-refractivity contribution in [2.24, 2.45) is 0 Å². The van der Waals surface area contributed by atoms with Crippen LogP contribution in [0.25, 0.3) is 10.9 Å². The standard InChI is InChI=1S/C18H22N4OS/c1-3-12(4-2)17-21-22-18(24-17)20-16(23)10-9-13-11-19-15-8-6-5-7-14(13)15/h5-8,11-12,19H,3-4,9-10H2,1-2H3,(H,20,22,23). The zero-order chi connectivity index (χ0) is 16.9. The molecule has 24 heavy (non-hydrogen) atoms. The van der Waals surface area contributed by atoms with E-state index in [1.165, 1.54) is 16.7 Å². The van der Waals surface area contributed by atoms with Gasteiger partial charge in [-0.3, -0.25) is 4.79 Å². The highest BCUT2D eigenvalue weighted by Crippen LogP contribution is 2.28. The predicted molar refractivity (Wildman–Crippen MR) is 98.5 cm³/mol. The van der Waals surface area contributed by atoms with Crippen molar-refractivity contribution in [1.29, 1.82) is 0 Å². The van der Waals surface area contributed by atoms with Crippen molar-refractivity contribution in [3.8, 4) is 0 Å². The first kappa shape index (κ1) is 16.6. The van der Waals surface area contributed by atoms with Crippen LogP contribution in [0.4, 0.5) is 5.13 Å². The number of aromatic nitrogens is 3. The molecule has 6 heteroatoms. The predicted octanol–water partition coefficient (Wildman–Crippen LogP) is 4.49. The third-order valence-electron chi connectivity index (χ3n) is 4.32. The smallest absolute Gasteiger partial charge is 0.226 e. The number of para-hydroxylation sites is 1. The van der Waals surface area contributed by atoms with Crippen LogP contribution in [0.2, 0.25) is 0 Å². The van der Waals surface area contributed by atoms with E-state index in [1.54, 1.807) is 0 Å². The van der Waals surface area contributed by atoms with Crippen molar-refractivity contribution >= 4 is 33.3 Å². The minimum absolute atomic E-state index is 0.0208. The highest BCUT2D eigenvalue weighted by atomic mass is 32.1. The summed E-state index contributed by atoms with van der Waals surface area (Å²) in [6.45, 7) is 4.30. The number of carbonyl (C=O) groups is 1. The van der Waals surface area contributed by atoms with Gasteiger partial charge in [0.1, 0.15) is 5.01 Å². The number of H-pyrrole nitrogens is 1. The lowest BCUT2D eigenvalue weighted by Crippen LogP contribution is -2.12. The Morgan fingerprint density at radius 3 is 2.83 bits per heavy atom. The molecule has 1 amide bonds. The Labute approximate surface area is 145 Å². The van der Waals surface area contributed by atoms with Crippen LogP contribution in [-0.4, -0.2) is 21.1 Å². The largest absolute Gasteiger partial charge is 0.361 e. The number of rotatable bonds is 7. The molecule has 0 spiro atoms. The molecule has 2 heterocycles. The van der Waals surface area contributed by atoms with Crippen LogP contribution < -0.4 is 5.32 Å². The number of benzene rings is 1. The maximum Gasteiger partial charge on any atom is 0.226 e. The Bertz CT molecular complexity index is 819. The summed E-state index contributed by atoms with van der Waals surface area (Å²) < 4.78 is 0. The van der Waals surface area contributed by atoms with E-state index >= 15 is 0 Å². The summed E-state index contributed by atoms with van der Waals surface area (Å²) in [5, 5.41) is 14.0. The molecule has 2 aromatic heterocycles. The average molecular weight is 342 g/mol. The van der Waals surface area contributed by atoms with Crippen molar-refractivity contribution < 1.29 is 4.79 Å². The van der Waals surface area contributed by atoms with Crippen LogP contribution in [0.1, 0.15) is 49.6 Å². The SMILES string of the molecule is CCC(CC)c1nnc(NC(=O)CCc2c[nH]c3ccccc23)s1. The maximum absolute atomic E-state index is 12.2. The van der Waals surface area contributed by atoms with Crippen LogP contribution in [0.15, 0.2) is 30.5 Å². The van der Waals surface area contributed by atoms with Crippen molar-refractivity contribution in [2.75, 3.05) is 5.32 Å². The van der Waals surface area contributed by atoms with E-state index in [0.29, 0.717) is 23.9 Å².